The van der Waals surface area contributed by atoms with E-state index in [4.69, 9.17) is 0 Å². The zero-order valence-electron chi connectivity index (χ0n) is 11.6. The van der Waals surface area contributed by atoms with Crippen LogP contribution in [-0.2, 0) is 10.0 Å². The molecule has 0 aliphatic rings. The van der Waals surface area contributed by atoms with Crippen LogP contribution in [0.1, 0.15) is 32.3 Å². The van der Waals surface area contributed by atoms with Crippen molar-refractivity contribution in [2.75, 3.05) is 7.05 Å². The molecular weight excluding hydrogens is 394 g/mol. The quantitative estimate of drug-likeness (QED) is 0.721. The molecule has 0 saturated carbocycles. The van der Waals surface area contributed by atoms with Gasteiger partial charge in [-0.3, -0.25) is 0 Å². The summed E-state index contributed by atoms with van der Waals surface area (Å²) in [6, 6.07) is 3.50. The van der Waals surface area contributed by atoms with E-state index < -0.39 is 10.0 Å². The largest absolute Gasteiger partial charge is 0.244 e. The number of nitrogens with zero attached hydrogens (tertiary/aromatic N) is 1. The molecule has 0 heterocycles. The highest BCUT2D eigenvalue weighted by Crippen LogP contribution is 2.31. The third-order valence-electron chi connectivity index (χ3n) is 3.33. The lowest BCUT2D eigenvalue weighted by Crippen LogP contribution is -2.36. The summed E-state index contributed by atoms with van der Waals surface area (Å²) in [6.07, 6.45) is 1.60. The van der Waals surface area contributed by atoms with Gasteiger partial charge in [-0.1, -0.05) is 29.8 Å². The van der Waals surface area contributed by atoms with Crippen LogP contribution >= 0.6 is 31.9 Å². The fourth-order valence-corrected chi connectivity index (χ4v) is 5.12. The third kappa shape index (κ3) is 3.60. The number of hydrogen-bond acceptors (Lipinski definition) is 2. The molecule has 0 aliphatic carbocycles. The first-order valence-electron chi connectivity index (χ1n) is 6.19. The van der Waals surface area contributed by atoms with E-state index in [1.54, 1.807) is 13.1 Å². The molecule has 0 unspecified atom stereocenters. The normalized spacial score (nSPS) is 12.4. The molecular formula is C13H19Br2NO2S. The van der Waals surface area contributed by atoms with Gasteiger partial charge in [0.25, 0.3) is 0 Å². The molecule has 19 heavy (non-hydrogen) atoms. The van der Waals surface area contributed by atoms with Crippen LogP contribution in [0, 0.1) is 6.92 Å². The van der Waals surface area contributed by atoms with Crippen LogP contribution in [0.2, 0.25) is 0 Å². The van der Waals surface area contributed by atoms with Gasteiger partial charge in [-0.05, 0) is 53.4 Å². The number of halogens is 2. The Morgan fingerprint density at radius 3 is 2.16 bits per heavy atom. The summed E-state index contributed by atoms with van der Waals surface area (Å²) in [5.74, 6) is 0. The molecule has 0 fully saturated rings. The smallest absolute Gasteiger partial charge is 0.207 e. The lowest BCUT2D eigenvalue weighted by Gasteiger charge is -2.26. The first kappa shape index (κ1) is 17.1. The SMILES string of the molecule is CCC(CC)N(C)S(=O)(=O)c1cc(Br)c(C)cc1Br. The molecule has 0 amide bonds. The molecule has 108 valence electrons. The Hall–Kier alpha value is 0.0900. The van der Waals surface area contributed by atoms with E-state index in [1.807, 2.05) is 26.8 Å². The summed E-state index contributed by atoms with van der Waals surface area (Å²) in [7, 11) is -1.83. The lowest BCUT2D eigenvalue weighted by molar-refractivity contribution is 0.349. The summed E-state index contributed by atoms with van der Waals surface area (Å²) >= 11 is 6.74. The summed E-state index contributed by atoms with van der Waals surface area (Å²) in [5, 5.41) is 0. The topological polar surface area (TPSA) is 37.4 Å². The monoisotopic (exact) mass is 411 g/mol. The number of sulfonamides is 1. The van der Waals surface area contributed by atoms with E-state index in [0.717, 1.165) is 22.9 Å². The van der Waals surface area contributed by atoms with Crippen molar-refractivity contribution in [3.05, 3.63) is 26.6 Å². The maximum atomic E-state index is 12.7. The summed E-state index contributed by atoms with van der Waals surface area (Å²) in [4.78, 5) is 0.305. The minimum absolute atomic E-state index is 0.0250. The Morgan fingerprint density at radius 1 is 1.16 bits per heavy atom. The Labute approximate surface area is 132 Å². The van der Waals surface area contributed by atoms with Crippen molar-refractivity contribution in [3.63, 3.8) is 0 Å². The first-order chi connectivity index (χ1) is 8.75. The molecule has 0 radical (unpaired) electrons. The van der Waals surface area contributed by atoms with Gasteiger partial charge in [-0.15, -0.1) is 0 Å². The Kier molecular flexibility index (Phi) is 6.04. The minimum atomic E-state index is -3.48. The predicted molar refractivity (Wildman–Crippen MR) is 85.9 cm³/mol. The van der Waals surface area contributed by atoms with Crippen molar-refractivity contribution in [3.8, 4) is 0 Å². The zero-order chi connectivity index (χ0) is 14.8. The molecule has 0 bridgehead atoms. The van der Waals surface area contributed by atoms with Gasteiger partial charge in [0.2, 0.25) is 10.0 Å². The van der Waals surface area contributed by atoms with Gasteiger partial charge in [0.15, 0.2) is 0 Å². The van der Waals surface area contributed by atoms with Crippen molar-refractivity contribution in [2.24, 2.45) is 0 Å². The zero-order valence-corrected chi connectivity index (χ0v) is 15.6. The van der Waals surface area contributed by atoms with Crippen molar-refractivity contribution < 1.29 is 8.42 Å². The highest BCUT2D eigenvalue weighted by molar-refractivity contribution is 9.11. The van der Waals surface area contributed by atoms with Gasteiger partial charge in [0.1, 0.15) is 0 Å². The van der Waals surface area contributed by atoms with Crippen LogP contribution in [0.25, 0.3) is 0 Å². The van der Waals surface area contributed by atoms with Crippen molar-refractivity contribution in [2.45, 2.75) is 44.6 Å². The molecule has 1 rings (SSSR count). The van der Waals surface area contributed by atoms with E-state index in [-0.39, 0.29) is 6.04 Å². The summed E-state index contributed by atoms with van der Waals surface area (Å²) in [6.45, 7) is 5.93. The highest BCUT2D eigenvalue weighted by atomic mass is 79.9. The van der Waals surface area contributed by atoms with Gasteiger partial charge < -0.3 is 0 Å². The minimum Gasteiger partial charge on any atom is -0.207 e. The molecule has 0 saturated heterocycles. The summed E-state index contributed by atoms with van der Waals surface area (Å²) in [5.41, 5.74) is 0.996. The number of benzene rings is 1. The number of aryl methyl sites for hydroxylation is 1. The fourth-order valence-electron chi connectivity index (χ4n) is 1.98. The van der Waals surface area contributed by atoms with E-state index in [9.17, 15) is 8.42 Å². The molecule has 0 aliphatic heterocycles. The second-order valence-electron chi connectivity index (χ2n) is 4.52. The molecule has 1 aromatic carbocycles. The van der Waals surface area contributed by atoms with Crippen LogP contribution in [0.3, 0.4) is 0 Å². The molecule has 6 heteroatoms. The van der Waals surface area contributed by atoms with Crippen molar-refractivity contribution in [1.29, 1.82) is 0 Å². The number of rotatable bonds is 5. The number of hydrogen-bond donors (Lipinski definition) is 0. The van der Waals surface area contributed by atoms with Crippen molar-refractivity contribution >= 4 is 41.9 Å². The van der Waals surface area contributed by atoms with Crippen LogP contribution in [0.15, 0.2) is 26.0 Å². The Balaban J connectivity index is 3.31. The van der Waals surface area contributed by atoms with E-state index in [0.29, 0.717) is 9.37 Å². The molecule has 3 nitrogen and oxygen atoms in total. The average Bonchev–Trinajstić information content (AvgIpc) is 2.34. The fraction of sp³-hybridized carbons (Fsp3) is 0.538. The Morgan fingerprint density at radius 2 is 1.68 bits per heavy atom. The maximum Gasteiger partial charge on any atom is 0.244 e. The molecule has 0 aromatic heterocycles. The molecule has 0 N–H and O–H groups in total. The van der Waals surface area contributed by atoms with Crippen LogP contribution in [0.5, 0.6) is 0 Å². The van der Waals surface area contributed by atoms with E-state index >= 15 is 0 Å². The maximum absolute atomic E-state index is 12.7. The lowest BCUT2D eigenvalue weighted by atomic mass is 10.2. The van der Waals surface area contributed by atoms with Crippen molar-refractivity contribution in [1.82, 2.24) is 4.31 Å². The first-order valence-corrected chi connectivity index (χ1v) is 9.21. The van der Waals surface area contributed by atoms with Crippen LogP contribution in [0.4, 0.5) is 0 Å². The highest BCUT2D eigenvalue weighted by Gasteiger charge is 2.28. The van der Waals surface area contributed by atoms with Gasteiger partial charge in [0.05, 0.1) is 4.90 Å². The standard InChI is InChI=1S/C13H19Br2NO2S/c1-5-10(6-2)16(4)19(17,18)13-8-11(14)9(3)7-12(13)15/h7-8,10H,5-6H2,1-4H3. The van der Waals surface area contributed by atoms with E-state index in [1.165, 1.54) is 4.31 Å². The molecule has 0 atom stereocenters. The van der Waals surface area contributed by atoms with E-state index in [2.05, 4.69) is 31.9 Å². The van der Waals surface area contributed by atoms with Crippen LogP contribution in [-0.4, -0.2) is 25.8 Å². The third-order valence-corrected chi connectivity index (χ3v) is 7.05. The van der Waals surface area contributed by atoms with Crippen LogP contribution < -0.4 is 0 Å². The van der Waals surface area contributed by atoms with Gasteiger partial charge in [-0.2, -0.15) is 4.31 Å². The second-order valence-corrected chi connectivity index (χ2v) is 8.20. The second kappa shape index (κ2) is 6.70. The van der Waals surface area contributed by atoms with Gasteiger partial charge in [0, 0.05) is 22.0 Å². The molecule has 1 aromatic rings. The summed E-state index contributed by atoms with van der Waals surface area (Å²) < 4.78 is 28.2. The Bertz CT molecular complexity index is 554. The van der Waals surface area contributed by atoms with Gasteiger partial charge >= 0.3 is 0 Å². The van der Waals surface area contributed by atoms with Gasteiger partial charge in [-0.25, -0.2) is 8.42 Å². The predicted octanol–water partition coefficient (Wildman–Crippen LogP) is 4.33. The molecule has 0 spiro atoms. The average molecular weight is 413 g/mol.